The number of hydrogen-bond donors (Lipinski definition) is 0. The maximum Gasteiger partial charge on any atom is 0.0992 e. The van der Waals surface area contributed by atoms with Gasteiger partial charge in [-0.3, -0.25) is 0 Å². The Kier molecular flexibility index (Phi) is 6.80. The fraction of sp³-hybridized carbons (Fsp3) is 0.0870. The molecule has 0 spiro atoms. The van der Waals surface area contributed by atoms with Gasteiger partial charge in [0.25, 0.3) is 0 Å². The Balaban J connectivity index is 1.16. The van der Waals surface area contributed by atoms with Crippen LogP contribution < -0.4 is 0 Å². The minimum Gasteiger partial charge on any atom is -0.313 e. The van der Waals surface area contributed by atoms with E-state index >= 15 is 0 Å². The highest BCUT2D eigenvalue weighted by atomic mass is 15.0. The molecule has 1 unspecified atom stereocenters. The summed E-state index contributed by atoms with van der Waals surface area (Å²) < 4.78 is 4.68. The van der Waals surface area contributed by atoms with Crippen LogP contribution in [0.25, 0.3) is 72.4 Å². The molecule has 6 aromatic carbocycles. The highest BCUT2D eigenvalue weighted by molar-refractivity contribution is 6.10. The monoisotopic (exact) mass is 640 g/mol. The van der Waals surface area contributed by atoms with Crippen molar-refractivity contribution in [2.24, 2.45) is 0 Å². The normalized spacial score (nSPS) is 13.8. The van der Waals surface area contributed by atoms with Crippen molar-refractivity contribution in [2.75, 3.05) is 0 Å². The quantitative estimate of drug-likeness (QED) is 0.192. The van der Waals surface area contributed by atoms with Gasteiger partial charge in [-0.2, -0.15) is 10.5 Å². The molecule has 1 atom stereocenters. The molecule has 50 heavy (non-hydrogen) atoms. The van der Waals surface area contributed by atoms with Crippen molar-refractivity contribution in [2.45, 2.75) is 26.2 Å². The molecule has 0 fully saturated rings. The average molecular weight is 641 g/mol. The van der Waals surface area contributed by atoms with E-state index in [0.29, 0.717) is 17.0 Å². The minimum atomic E-state index is 0.365. The van der Waals surface area contributed by atoms with Gasteiger partial charge in [-0.25, -0.2) is 0 Å². The molecule has 8 aromatic rings. The first-order valence-electron chi connectivity index (χ1n) is 17.0. The Morgan fingerprint density at radius 1 is 0.600 bits per heavy atom. The summed E-state index contributed by atoms with van der Waals surface area (Å²) in [7, 11) is 0. The summed E-state index contributed by atoms with van der Waals surface area (Å²) >= 11 is 0. The average Bonchev–Trinajstić information content (AvgIpc) is 3.67. The number of aryl methyl sites for hydroxylation is 1. The second kappa shape index (κ2) is 11.5. The van der Waals surface area contributed by atoms with Crippen molar-refractivity contribution in [3.05, 3.63) is 161 Å². The number of nitriles is 2. The molecule has 9 rings (SSSR count). The molecule has 0 radical (unpaired) electrons. The first-order valence-corrected chi connectivity index (χ1v) is 17.0. The third-order valence-corrected chi connectivity index (χ3v) is 10.2. The maximum atomic E-state index is 9.95. The fourth-order valence-corrected chi connectivity index (χ4v) is 7.89. The van der Waals surface area contributed by atoms with E-state index in [0.717, 1.165) is 62.0 Å². The van der Waals surface area contributed by atoms with Crippen LogP contribution in [-0.4, -0.2) is 9.13 Å². The molecule has 1 aliphatic carbocycles. The highest BCUT2D eigenvalue weighted by Crippen LogP contribution is 2.41. The van der Waals surface area contributed by atoms with Crippen molar-refractivity contribution in [3.8, 4) is 45.8 Å². The van der Waals surface area contributed by atoms with Crippen molar-refractivity contribution in [3.63, 3.8) is 0 Å². The summed E-state index contributed by atoms with van der Waals surface area (Å²) in [6, 6.07) is 49.3. The first kappa shape index (κ1) is 29.5. The van der Waals surface area contributed by atoms with Gasteiger partial charge in [0, 0.05) is 44.6 Å². The summed E-state index contributed by atoms with van der Waals surface area (Å²) in [6.45, 7) is 4.41. The molecular formula is C46H32N4. The fourth-order valence-electron chi connectivity index (χ4n) is 7.89. The molecule has 1 aliphatic rings. The van der Waals surface area contributed by atoms with Crippen LogP contribution in [0.1, 0.15) is 47.2 Å². The van der Waals surface area contributed by atoms with Crippen molar-refractivity contribution in [1.82, 2.24) is 9.13 Å². The number of rotatable bonds is 4. The van der Waals surface area contributed by atoms with Crippen LogP contribution in [-0.2, 0) is 0 Å². The molecule has 0 N–H and O–H groups in total. The van der Waals surface area contributed by atoms with Crippen LogP contribution in [0.3, 0.4) is 0 Å². The van der Waals surface area contributed by atoms with E-state index in [1.165, 1.54) is 27.6 Å². The van der Waals surface area contributed by atoms with Crippen LogP contribution >= 0.6 is 0 Å². The van der Waals surface area contributed by atoms with E-state index < -0.39 is 0 Å². The Morgan fingerprint density at radius 2 is 1.32 bits per heavy atom. The molecule has 4 nitrogen and oxygen atoms in total. The minimum absolute atomic E-state index is 0.365. The smallest absolute Gasteiger partial charge is 0.0992 e. The number of nitrogens with zero attached hydrogens (tertiary/aromatic N) is 4. The Labute approximate surface area is 291 Å². The molecule has 0 bridgehead atoms. The van der Waals surface area contributed by atoms with Crippen LogP contribution in [0.5, 0.6) is 0 Å². The van der Waals surface area contributed by atoms with Crippen molar-refractivity contribution in [1.29, 1.82) is 10.5 Å². The number of hydrogen-bond acceptors (Lipinski definition) is 2. The van der Waals surface area contributed by atoms with Crippen LogP contribution in [0.4, 0.5) is 0 Å². The van der Waals surface area contributed by atoms with Gasteiger partial charge in [-0.1, -0.05) is 85.3 Å². The largest absolute Gasteiger partial charge is 0.313 e. The molecule has 4 heteroatoms. The zero-order chi connectivity index (χ0) is 33.9. The summed E-state index contributed by atoms with van der Waals surface area (Å²) in [5.74, 6) is 0.365. The van der Waals surface area contributed by atoms with Gasteiger partial charge in [-0.15, -0.1) is 0 Å². The lowest BCUT2D eigenvalue weighted by Gasteiger charge is -2.19. The molecule has 2 heterocycles. The number of benzene rings is 6. The zero-order valence-corrected chi connectivity index (χ0v) is 27.9. The summed E-state index contributed by atoms with van der Waals surface area (Å²) in [5.41, 5.74) is 14.9. The summed E-state index contributed by atoms with van der Waals surface area (Å²) in [5, 5.41) is 23.1. The van der Waals surface area contributed by atoms with Crippen LogP contribution in [0, 0.1) is 29.6 Å². The number of para-hydroxylation sites is 1. The molecule has 0 amide bonds. The van der Waals surface area contributed by atoms with Crippen LogP contribution in [0.15, 0.2) is 133 Å². The number of allylic oxidation sites excluding steroid dienone is 1. The molecule has 236 valence electrons. The van der Waals surface area contributed by atoms with E-state index in [2.05, 4.69) is 150 Å². The van der Waals surface area contributed by atoms with E-state index in [-0.39, 0.29) is 0 Å². The zero-order valence-electron chi connectivity index (χ0n) is 27.9. The molecular weight excluding hydrogens is 609 g/mol. The van der Waals surface area contributed by atoms with E-state index in [1.807, 2.05) is 24.3 Å². The lowest BCUT2D eigenvalue weighted by atomic mass is 9.93. The van der Waals surface area contributed by atoms with E-state index in [4.69, 9.17) is 0 Å². The number of aromatic nitrogens is 2. The molecule has 0 saturated heterocycles. The van der Waals surface area contributed by atoms with Crippen molar-refractivity contribution >= 4 is 38.8 Å². The lowest BCUT2D eigenvalue weighted by Crippen LogP contribution is -2.06. The Morgan fingerprint density at radius 3 is 2.16 bits per heavy atom. The van der Waals surface area contributed by atoms with Crippen LogP contribution in [0.2, 0.25) is 0 Å². The van der Waals surface area contributed by atoms with Crippen molar-refractivity contribution < 1.29 is 0 Å². The van der Waals surface area contributed by atoms with E-state index in [9.17, 15) is 10.5 Å². The molecule has 0 saturated carbocycles. The van der Waals surface area contributed by atoms with Gasteiger partial charge in [0.15, 0.2) is 0 Å². The third-order valence-electron chi connectivity index (χ3n) is 10.2. The predicted octanol–water partition coefficient (Wildman–Crippen LogP) is 11.6. The predicted molar refractivity (Wildman–Crippen MR) is 205 cm³/mol. The van der Waals surface area contributed by atoms with Gasteiger partial charge in [-0.05, 0) is 96.8 Å². The van der Waals surface area contributed by atoms with Gasteiger partial charge in [0.2, 0.25) is 0 Å². The van der Waals surface area contributed by atoms with Gasteiger partial charge < -0.3 is 9.13 Å². The van der Waals surface area contributed by atoms with E-state index in [1.54, 1.807) is 0 Å². The topological polar surface area (TPSA) is 57.4 Å². The second-order valence-electron chi connectivity index (χ2n) is 13.4. The second-order valence-corrected chi connectivity index (χ2v) is 13.4. The standard InChI is InChI=1S/C46H32N4/c1-29-13-21-44-40(23-29)38-10-3-4-12-42(38)50(44)45-25-32(28-48)14-20-37(45)35-9-6-8-34(26-35)33-16-18-36(19-17-33)49-43-22-15-31(27-47)24-41(43)39-11-5-7-30(2)46(39)49/h3-6,8-26,30H,7H2,1-2H3. The van der Waals surface area contributed by atoms with Gasteiger partial charge in [0.05, 0.1) is 45.5 Å². The lowest BCUT2D eigenvalue weighted by molar-refractivity contribution is 0.723. The maximum absolute atomic E-state index is 9.95. The SMILES string of the molecule is Cc1ccc2c(c1)c1ccccc1n2-c1cc(C#N)ccc1-c1cccc(-c2ccc(-n3c4c(c5cc(C#N)ccc53)C=CCC4C)cc2)c1. The molecule has 0 aliphatic heterocycles. The third kappa shape index (κ3) is 4.58. The molecule has 2 aromatic heterocycles. The Hall–Kier alpha value is -6.62. The summed E-state index contributed by atoms with van der Waals surface area (Å²) in [6.07, 6.45) is 5.45. The number of fused-ring (bicyclic) bond motifs is 6. The van der Waals surface area contributed by atoms with Gasteiger partial charge >= 0.3 is 0 Å². The summed E-state index contributed by atoms with van der Waals surface area (Å²) in [4.78, 5) is 0. The van der Waals surface area contributed by atoms with Gasteiger partial charge in [0.1, 0.15) is 0 Å². The highest BCUT2D eigenvalue weighted by Gasteiger charge is 2.24. The Bertz CT molecular complexity index is 2780. The first-order chi connectivity index (χ1) is 24.5.